The van der Waals surface area contributed by atoms with Gasteiger partial charge in [0.05, 0.1) is 6.20 Å². The molecule has 0 aliphatic carbocycles. The van der Waals surface area contributed by atoms with E-state index in [0.717, 1.165) is 45.1 Å². The van der Waals surface area contributed by atoms with Gasteiger partial charge in [-0.1, -0.05) is 6.07 Å². The van der Waals surface area contributed by atoms with Gasteiger partial charge in [-0.2, -0.15) is 0 Å². The Morgan fingerprint density at radius 1 is 1.09 bits per heavy atom. The van der Waals surface area contributed by atoms with E-state index in [1.165, 1.54) is 24.4 Å². The summed E-state index contributed by atoms with van der Waals surface area (Å²) in [5.74, 6) is 0.618. The molecule has 4 rings (SSSR count). The zero-order valence-corrected chi connectivity index (χ0v) is 18.8. The van der Waals surface area contributed by atoms with E-state index in [9.17, 15) is 9.18 Å². The minimum absolute atomic E-state index is 0.103. The Kier molecular flexibility index (Phi) is 8.13. The van der Waals surface area contributed by atoms with Crippen LogP contribution in [0.3, 0.4) is 0 Å². The van der Waals surface area contributed by atoms with Crippen LogP contribution in [0.4, 0.5) is 10.3 Å². The molecule has 0 unspecified atom stereocenters. The molecule has 2 aromatic heterocycles. The van der Waals surface area contributed by atoms with Crippen molar-refractivity contribution in [1.82, 2.24) is 25.2 Å². The number of piperazine rings is 1. The van der Waals surface area contributed by atoms with E-state index in [-0.39, 0.29) is 11.7 Å². The van der Waals surface area contributed by atoms with Gasteiger partial charge >= 0.3 is 0 Å². The molecule has 3 aromatic rings. The Labute approximate surface area is 198 Å². The third-order valence-corrected chi connectivity index (χ3v) is 5.40. The zero-order chi connectivity index (χ0) is 23.6. The number of pyridine rings is 1. The Morgan fingerprint density at radius 3 is 2.65 bits per heavy atom. The first kappa shape index (κ1) is 23.3. The van der Waals surface area contributed by atoms with Gasteiger partial charge in [0.15, 0.2) is 11.6 Å². The van der Waals surface area contributed by atoms with Crippen molar-refractivity contribution >= 4 is 17.9 Å². The van der Waals surface area contributed by atoms with Crippen LogP contribution in [0.15, 0.2) is 67.3 Å². The normalized spacial score (nSPS) is 14.3. The van der Waals surface area contributed by atoms with Crippen LogP contribution in [-0.2, 0) is 4.79 Å². The number of benzene rings is 1. The van der Waals surface area contributed by atoms with Crippen molar-refractivity contribution in [2.45, 2.75) is 6.42 Å². The second-order valence-electron chi connectivity index (χ2n) is 7.84. The van der Waals surface area contributed by atoms with Crippen LogP contribution < -0.4 is 15.0 Å². The number of nitrogens with one attached hydrogen (secondary N) is 1. The van der Waals surface area contributed by atoms with Gasteiger partial charge in [0.25, 0.3) is 0 Å². The number of amides is 1. The lowest BCUT2D eigenvalue weighted by molar-refractivity contribution is -0.116. The summed E-state index contributed by atoms with van der Waals surface area (Å²) in [5.41, 5.74) is 0.575. The molecule has 176 valence electrons. The number of rotatable bonds is 9. The molecular weight excluding hydrogens is 435 g/mol. The predicted octanol–water partition coefficient (Wildman–Crippen LogP) is 3.14. The number of hydrogen-bond acceptors (Lipinski definition) is 7. The highest BCUT2D eigenvalue weighted by Crippen LogP contribution is 2.24. The molecule has 1 aliphatic rings. The maximum atomic E-state index is 14.3. The number of ether oxygens (including phenoxy) is 1. The highest BCUT2D eigenvalue weighted by Gasteiger charge is 2.18. The van der Waals surface area contributed by atoms with Crippen LogP contribution in [-0.4, -0.2) is 65.0 Å². The van der Waals surface area contributed by atoms with Gasteiger partial charge in [-0.3, -0.25) is 14.7 Å². The SMILES string of the molecule is O=C(/C=C/c1ccc(Oc2cccnc2)c(F)c1)NCCCN1CCN(c2ncccn2)CC1. The summed E-state index contributed by atoms with van der Waals surface area (Å²) >= 11 is 0. The number of carbonyl (C=O) groups is 1. The Balaban J connectivity index is 1.15. The highest BCUT2D eigenvalue weighted by atomic mass is 19.1. The first-order valence-electron chi connectivity index (χ1n) is 11.2. The number of carbonyl (C=O) groups excluding carboxylic acids is 1. The largest absolute Gasteiger partial charge is 0.453 e. The molecular formula is C25H27FN6O2. The van der Waals surface area contributed by atoms with E-state index in [1.54, 1.807) is 42.9 Å². The van der Waals surface area contributed by atoms with Crippen LogP contribution in [0.25, 0.3) is 6.08 Å². The van der Waals surface area contributed by atoms with Crippen LogP contribution in [0, 0.1) is 5.82 Å². The Morgan fingerprint density at radius 2 is 1.91 bits per heavy atom. The van der Waals surface area contributed by atoms with Gasteiger partial charge < -0.3 is 15.0 Å². The fraction of sp³-hybridized carbons (Fsp3) is 0.280. The lowest BCUT2D eigenvalue weighted by Crippen LogP contribution is -2.47. The monoisotopic (exact) mass is 462 g/mol. The molecule has 9 heteroatoms. The van der Waals surface area contributed by atoms with Gasteiger partial charge in [0.1, 0.15) is 5.75 Å². The molecule has 1 saturated heterocycles. The van der Waals surface area contributed by atoms with Crippen molar-refractivity contribution in [3.05, 3.63) is 78.6 Å². The zero-order valence-electron chi connectivity index (χ0n) is 18.8. The molecule has 34 heavy (non-hydrogen) atoms. The molecule has 0 atom stereocenters. The summed E-state index contributed by atoms with van der Waals surface area (Å²) in [6.45, 7) is 5.16. The minimum atomic E-state index is -0.509. The van der Waals surface area contributed by atoms with Gasteiger partial charge in [0.2, 0.25) is 11.9 Å². The fourth-order valence-electron chi connectivity index (χ4n) is 3.61. The molecule has 3 heterocycles. The van der Waals surface area contributed by atoms with Crippen molar-refractivity contribution in [2.24, 2.45) is 0 Å². The van der Waals surface area contributed by atoms with E-state index in [1.807, 2.05) is 6.07 Å². The summed E-state index contributed by atoms with van der Waals surface area (Å²) in [6.07, 6.45) is 10.5. The van der Waals surface area contributed by atoms with E-state index < -0.39 is 5.82 Å². The summed E-state index contributed by atoms with van der Waals surface area (Å²) < 4.78 is 19.8. The second-order valence-corrected chi connectivity index (χ2v) is 7.84. The van der Waals surface area contributed by atoms with Crippen molar-refractivity contribution in [3.8, 4) is 11.5 Å². The number of anilines is 1. The summed E-state index contributed by atoms with van der Waals surface area (Å²) in [7, 11) is 0. The second kappa shape index (κ2) is 11.9. The highest BCUT2D eigenvalue weighted by molar-refractivity contribution is 5.91. The molecule has 1 N–H and O–H groups in total. The van der Waals surface area contributed by atoms with Crippen molar-refractivity contribution < 1.29 is 13.9 Å². The predicted molar refractivity (Wildman–Crippen MR) is 128 cm³/mol. The maximum absolute atomic E-state index is 14.3. The lowest BCUT2D eigenvalue weighted by Gasteiger charge is -2.34. The van der Waals surface area contributed by atoms with E-state index >= 15 is 0 Å². The molecule has 0 saturated carbocycles. The van der Waals surface area contributed by atoms with E-state index in [4.69, 9.17) is 4.74 Å². The quantitative estimate of drug-likeness (QED) is 0.386. The van der Waals surface area contributed by atoms with Crippen molar-refractivity contribution in [3.63, 3.8) is 0 Å². The minimum Gasteiger partial charge on any atom is -0.453 e. The average Bonchev–Trinajstić information content (AvgIpc) is 2.88. The molecule has 1 aliphatic heterocycles. The van der Waals surface area contributed by atoms with Crippen LogP contribution in [0.1, 0.15) is 12.0 Å². The third-order valence-electron chi connectivity index (χ3n) is 5.40. The third kappa shape index (κ3) is 6.82. The van der Waals surface area contributed by atoms with Gasteiger partial charge in [-0.15, -0.1) is 0 Å². The lowest BCUT2D eigenvalue weighted by atomic mass is 10.2. The smallest absolute Gasteiger partial charge is 0.243 e. The summed E-state index contributed by atoms with van der Waals surface area (Å²) in [6, 6.07) is 9.78. The number of halogens is 1. The molecule has 0 spiro atoms. The first-order chi connectivity index (χ1) is 16.7. The molecule has 0 bridgehead atoms. The first-order valence-corrected chi connectivity index (χ1v) is 11.2. The fourth-order valence-corrected chi connectivity index (χ4v) is 3.61. The summed E-state index contributed by atoms with van der Waals surface area (Å²) in [5, 5.41) is 2.88. The van der Waals surface area contributed by atoms with Crippen LogP contribution in [0.5, 0.6) is 11.5 Å². The van der Waals surface area contributed by atoms with Crippen molar-refractivity contribution in [2.75, 3.05) is 44.2 Å². The summed E-state index contributed by atoms with van der Waals surface area (Å²) in [4.78, 5) is 29.2. The van der Waals surface area contributed by atoms with Gasteiger partial charge in [0, 0.05) is 57.4 Å². The number of aromatic nitrogens is 3. The molecule has 0 radical (unpaired) electrons. The maximum Gasteiger partial charge on any atom is 0.243 e. The van der Waals surface area contributed by atoms with E-state index in [0.29, 0.717) is 17.9 Å². The van der Waals surface area contributed by atoms with Crippen LogP contribution >= 0.6 is 0 Å². The average molecular weight is 463 g/mol. The van der Waals surface area contributed by atoms with Gasteiger partial charge in [-0.05, 0) is 54.9 Å². The van der Waals surface area contributed by atoms with Gasteiger partial charge in [-0.25, -0.2) is 14.4 Å². The molecule has 1 amide bonds. The van der Waals surface area contributed by atoms with Crippen molar-refractivity contribution in [1.29, 1.82) is 0 Å². The number of hydrogen-bond donors (Lipinski definition) is 1. The standard InChI is InChI=1S/C25H27FN6O2/c26-22-18-20(5-7-23(22)34-21-4-1-9-27-19-21)6-8-24(33)28-12-3-13-31-14-16-32(17-15-31)25-29-10-2-11-30-25/h1-2,4-11,18-19H,3,12-17H2,(H,28,33)/b8-6+. The number of nitrogens with zero attached hydrogens (tertiary/aromatic N) is 5. The molecule has 1 aromatic carbocycles. The molecule has 1 fully saturated rings. The van der Waals surface area contributed by atoms with Crippen LogP contribution in [0.2, 0.25) is 0 Å². The molecule has 8 nitrogen and oxygen atoms in total. The topological polar surface area (TPSA) is 83.5 Å². The Hall–Kier alpha value is -3.85. The Bertz CT molecular complexity index is 1090. The van der Waals surface area contributed by atoms with E-state index in [2.05, 4.69) is 30.1 Å².